The number of carbonyl (C=O) groups excluding carboxylic acids is 2. The Bertz CT molecular complexity index is 886. The highest BCUT2D eigenvalue weighted by Crippen LogP contribution is 2.30. The Labute approximate surface area is 172 Å². The van der Waals surface area contributed by atoms with E-state index in [4.69, 9.17) is 9.47 Å². The predicted octanol–water partition coefficient (Wildman–Crippen LogP) is 5.29. The van der Waals surface area contributed by atoms with Gasteiger partial charge in [0.1, 0.15) is 0 Å². The molecular formula is C25H26O4. The van der Waals surface area contributed by atoms with Gasteiger partial charge in [0.2, 0.25) is 5.78 Å². The smallest absolute Gasteiger partial charge is 0.260 e. The van der Waals surface area contributed by atoms with Crippen LogP contribution in [0, 0.1) is 0 Å². The van der Waals surface area contributed by atoms with Crippen molar-refractivity contribution in [3.05, 3.63) is 108 Å². The van der Waals surface area contributed by atoms with Gasteiger partial charge in [0, 0.05) is 37.3 Å². The lowest BCUT2D eigenvalue weighted by Gasteiger charge is -2.29. The maximum atomic E-state index is 12.7. The van der Waals surface area contributed by atoms with Crippen LogP contribution in [0.1, 0.15) is 39.6 Å². The van der Waals surface area contributed by atoms with Crippen molar-refractivity contribution in [2.45, 2.75) is 19.1 Å². The topological polar surface area (TPSA) is 52.6 Å². The predicted molar refractivity (Wildman–Crippen MR) is 114 cm³/mol. The molecule has 150 valence electrons. The van der Waals surface area contributed by atoms with E-state index < -0.39 is 5.79 Å². The minimum atomic E-state index is -1.40. The van der Waals surface area contributed by atoms with E-state index in [1.54, 1.807) is 12.1 Å². The minimum absolute atomic E-state index is 0.209. The van der Waals surface area contributed by atoms with Gasteiger partial charge in [-0.05, 0) is 0 Å². The Kier molecular flexibility index (Phi) is 8.46. The molecular weight excluding hydrogens is 364 g/mol. The lowest BCUT2D eigenvalue weighted by molar-refractivity contribution is -0.176. The molecule has 0 aliphatic rings. The number of ether oxygens (including phenoxy) is 2. The molecule has 0 heterocycles. The second-order valence-corrected chi connectivity index (χ2v) is 6.23. The zero-order valence-corrected chi connectivity index (χ0v) is 17.0. The fraction of sp³-hybridized carbons (Fsp3) is 0.200. The Hall–Kier alpha value is -3.08. The summed E-state index contributed by atoms with van der Waals surface area (Å²) in [7, 11) is 2.94. The van der Waals surface area contributed by atoms with Crippen LogP contribution in [0.15, 0.2) is 91.0 Å². The molecule has 0 saturated carbocycles. The zero-order valence-electron chi connectivity index (χ0n) is 17.0. The molecule has 0 aliphatic carbocycles. The summed E-state index contributed by atoms with van der Waals surface area (Å²) < 4.78 is 10.8. The van der Waals surface area contributed by atoms with Crippen molar-refractivity contribution in [2.24, 2.45) is 0 Å². The highest BCUT2D eigenvalue weighted by Gasteiger charge is 2.41. The Balaban J connectivity index is 0.000000253. The van der Waals surface area contributed by atoms with Crippen LogP contribution in [0.2, 0.25) is 0 Å². The number of benzene rings is 3. The van der Waals surface area contributed by atoms with Crippen molar-refractivity contribution in [3.63, 3.8) is 0 Å². The van der Waals surface area contributed by atoms with Crippen molar-refractivity contribution in [3.8, 4) is 0 Å². The summed E-state index contributed by atoms with van der Waals surface area (Å²) in [5.41, 5.74) is 2.04. The molecule has 4 nitrogen and oxygen atoms in total. The van der Waals surface area contributed by atoms with Crippen LogP contribution in [0.5, 0.6) is 0 Å². The van der Waals surface area contributed by atoms with E-state index in [-0.39, 0.29) is 11.6 Å². The van der Waals surface area contributed by atoms with Crippen LogP contribution >= 0.6 is 0 Å². The lowest BCUT2D eigenvalue weighted by atomic mass is 9.96. The van der Waals surface area contributed by atoms with Gasteiger partial charge in [-0.3, -0.25) is 9.59 Å². The van der Waals surface area contributed by atoms with Crippen LogP contribution in [-0.4, -0.2) is 25.8 Å². The summed E-state index contributed by atoms with van der Waals surface area (Å²) >= 11 is 0. The summed E-state index contributed by atoms with van der Waals surface area (Å²) in [5.74, 6) is -1.41. The molecule has 0 unspecified atom stereocenters. The van der Waals surface area contributed by atoms with Crippen molar-refractivity contribution < 1.29 is 19.1 Å². The molecule has 0 aromatic heterocycles. The van der Waals surface area contributed by atoms with E-state index in [0.717, 1.165) is 5.56 Å². The van der Waals surface area contributed by atoms with E-state index in [9.17, 15) is 9.59 Å². The van der Waals surface area contributed by atoms with Crippen LogP contribution in [0.25, 0.3) is 0 Å². The summed E-state index contributed by atoms with van der Waals surface area (Å²) in [4.78, 5) is 23.7. The van der Waals surface area contributed by atoms with Gasteiger partial charge in [-0.2, -0.15) is 0 Å². The first kappa shape index (κ1) is 22.2. The summed E-state index contributed by atoms with van der Waals surface area (Å²) in [6.45, 7) is 1.87. The minimum Gasteiger partial charge on any atom is -0.343 e. The number of hydrogen-bond acceptors (Lipinski definition) is 4. The summed E-state index contributed by atoms with van der Waals surface area (Å²) in [6, 6.07) is 27.5. The second-order valence-electron chi connectivity index (χ2n) is 6.23. The molecule has 0 spiro atoms. The average molecular weight is 390 g/mol. The standard InChI is InChI=1S/C16H16O3.C9H10O/c1-18-16(19-2,14-11-7-4-8-12-14)15(17)13-9-5-3-6-10-13;1-2-9(10)8-6-4-3-5-7-8/h3-12H,1-2H3;3-7H,2H2,1H3. The number of carbonyl (C=O) groups is 2. The van der Waals surface area contributed by atoms with Gasteiger partial charge in [-0.1, -0.05) is 97.9 Å². The van der Waals surface area contributed by atoms with Gasteiger partial charge in [0.25, 0.3) is 5.79 Å². The van der Waals surface area contributed by atoms with E-state index >= 15 is 0 Å². The third-order valence-electron chi connectivity index (χ3n) is 4.48. The third-order valence-corrected chi connectivity index (χ3v) is 4.48. The second kappa shape index (κ2) is 11.1. The fourth-order valence-corrected chi connectivity index (χ4v) is 2.90. The van der Waals surface area contributed by atoms with Crippen molar-refractivity contribution >= 4 is 11.6 Å². The fourth-order valence-electron chi connectivity index (χ4n) is 2.90. The van der Waals surface area contributed by atoms with Gasteiger partial charge < -0.3 is 9.47 Å². The quantitative estimate of drug-likeness (QED) is 0.406. The molecule has 0 N–H and O–H groups in total. The molecule has 0 aliphatic heterocycles. The first-order valence-electron chi connectivity index (χ1n) is 9.43. The van der Waals surface area contributed by atoms with Crippen LogP contribution in [0.4, 0.5) is 0 Å². The van der Waals surface area contributed by atoms with E-state index in [0.29, 0.717) is 17.5 Å². The molecule has 0 radical (unpaired) electrons. The summed E-state index contributed by atoms with van der Waals surface area (Å²) in [5, 5.41) is 0. The largest absolute Gasteiger partial charge is 0.343 e. The maximum absolute atomic E-state index is 12.7. The summed E-state index contributed by atoms with van der Waals surface area (Å²) in [6.07, 6.45) is 0.587. The number of methoxy groups -OCH3 is 2. The van der Waals surface area contributed by atoms with Crippen LogP contribution < -0.4 is 0 Å². The molecule has 0 bridgehead atoms. The van der Waals surface area contributed by atoms with Crippen molar-refractivity contribution in [2.75, 3.05) is 14.2 Å². The molecule has 3 rings (SSSR count). The van der Waals surface area contributed by atoms with E-state index in [1.165, 1.54) is 14.2 Å². The van der Waals surface area contributed by atoms with Crippen LogP contribution in [-0.2, 0) is 15.3 Å². The first-order chi connectivity index (χ1) is 14.1. The zero-order chi connectivity index (χ0) is 21.1. The van der Waals surface area contributed by atoms with E-state index in [2.05, 4.69) is 0 Å². The number of ketones is 2. The molecule has 3 aromatic rings. The van der Waals surface area contributed by atoms with Crippen molar-refractivity contribution in [1.29, 1.82) is 0 Å². The van der Waals surface area contributed by atoms with E-state index in [1.807, 2.05) is 85.8 Å². The molecule has 0 amide bonds. The highest BCUT2D eigenvalue weighted by atomic mass is 16.7. The highest BCUT2D eigenvalue weighted by molar-refractivity contribution is 6.02. The van der Waals surface area contributed by atoms with Crippen LogP contribution in [0.3, 0.4) is 0 Å². The molecule has 0 fully saturated rings. The van der Waals surface area contributed by atoms with Gasteiger partial charge in [-0.25, -0.2) is 0 Å². The maximum Gasteiger partial charge on any atom is 0.260 e. The monoisotopic (exact) mass is 390 g/mol. The molecule has 29 heavy (non-hydrogen) atoms. The Morgan fingerprint density at radius 1 is 0.690 bits per heavy atom. The molecule has 0 saturated heterocycles. The third kappa shape index (κ3) is 5.47. The van der Waals surface area contributed by atoms with Gasteiger partial charge in [0.05, 0.1) is 0 Å². The Morgan fingerprint density at radius 3 is 1.52 bits per heavy atom. The Morgan fingerprint density at radius 2 is 1.10 bits per heavy atom. The SMILES string of the molecule is CCC(=O)c1ccccc1.COC(OC)(C(=O)c1ccccc1)c1ccccc1. The number of rotatable bonds is 7. The average Bonchev–Trinajstić information content (AvgIpc) is 2.82. The molecule has 3 aromatic carbocycles. The van der Waals surface area contributed by atoms with Gasteiger partial charge in [0.15, 0.2) is 5.78 Å². The number of Topliss-reactive ketones (excluding diaryl/α,β-unsaturated/α-hetero) is 2. The van der Waals surface area contributed by atoms with Crippen molar-refractivity contribution in [1.82, 2.24) is 0 Å². The lowest BCUT2D eigenvalue weighted by Crippen LogP contribution is -2.39. The normalized spacial score (nSPS) is 10.6. The van der Waals surface area contributed by atoms with Gasteiger partial charge in [-0.15, -0.1) is 0 Å². The molecule has 4 heteroatoms. The molecule has 0 atom stereocenters. The van der Waals surface area contributed by atoms with Gasteiger partial charge >= 0.3 is 0 Å². The first-order valence-corrected chi connectivity index (χ1v) is 9.43. The number of hydrogen-bond donors (Lipinski definition) is 0.